The summed E-state index contributed by atoms with van der Waals surface area (Å²) in [6.45, 7) is 2.01. The van der Waals surface area contributed by atoms with Crippen LogP contribution in [0.2, 0.25) is 0 Å². The maximum absolute atomic E-state index is 12.5. The molecule has 0 saturated heterocycles. The van der Waals surface area contributed by atoms with Crippen molar-refractivity contribution in [3.05, 3.63) is 76.0 Å². The number of carbonyl (C=O) groups excluding carboxylic acids is 1. The Hall–Kier alpha value is -2.68. The number of aromatic hydroxyl groups is 1. The van der Waals surface area contributed by atoms with Crippen LogP contribution in [0.1, 0.15) is 20.8 Å². The Morgan fingerprint density at radius 2 is 1.93 bits per heavy atom. The van der Waals surface area contributed by atoms with Gasteiger partial charge < -0.3 is 10.4 Å². The highest BCUT2D eigenvalue weighted by molar-refractivity contribution is 7.89. The smallest absolute Gasteiger partial charge is 0.255 e. The predicted octanol–water partition coefficient (Wildman–Crippen LogP) is 3.49. The van der Waals surface area contributed by atoms with Crippen LogP contribution in [0.3, 0.4) is 0 Å². The van der Waals surface area contributed by atoms with Crippen LogP contribution in [0, 0.1) is 6.92 Å². The molecular formula is C19H18N2O4S2. The molecule has 3 rings (SSSR count). The molecule has 1 aromatic heterocycles. The van der Waals surface area contributed by atoms with Crippen molar-refractivity contribution < 1.29 is 18.3 Å². The second kappa shape index (κ2) is 7.91. The predicted molar refractivity (Wildman–Crippen MR) is 106 cm³/mol. The zero-order valence-electron chi connectivity index (χ0n) is 14.5. The average Bonchev–Trinajstić information content (AvgIpc) is 3.16. The quantitative estimate of drug-likeness (QED) is 0.550. The SMILES string of the molecule is Cc1ccc(NC(=O)c2cccc(S(=O)(=O)NCc3cccs3)c2)c(O)c1. The van der Waals surface area contributed by atoms with Crippen LogP contribution in [0.15, 0.2) is 64.9 Å². The van der Waals surface area contributed by atoms with Crippen LogP contribution in [-0.4, -0.2) is 19.4 Å². The van der Waals surface area contributed by atoms with Gasteiger partial charge in [-0.25, -0.2) is 13.1 Å². The van der Waals surface area contributed by atoms with E-state index in [-0.39, 0.29) is 28.4 Å². The molecule has 1 heterocycles. The standard InChI is InChI=1S/C19H18N2O4S2/c1-13-7-8-17(18(22)10-13)21-19(23)14-4-2-6-16(11-14)27(24,25)20-12-15-5-3-9-26-15/h2-11,20,22H,12H2,1H3,(H,21,23). The van der Waals surface area contributed by atoms with Crippen LogP contribution in [0.4, 0.5) is 5.69 Å². The molecular weight excluding hydrogens is 384 g/mol. The Morgan fingerprint density at radius 3 is 2.63 bits per heavy atom. The fraction of sp³-hybridized carbons (Fsp3) is 0.105. The highest BCUT2D eigenvalue weighted by Crippen LogP contribution is 2.24. The van der Waals surface area contributed by atoms with E-state index in [9.17, 15) is 18.3 Å². The lowest BCUT2D eigenvalue weighted by Crippen LogP contribution is -2.23. The molecule has 1 amide bonds. The van der Waals surface area contributed by atoms with E-state index in [0.29, 0.717) is 0 Å². The molecule has 8 heteroatoms. The molecule has 3 aromatic rings. The van der Waals surface area contributed by atoms with E-state index in [1.54, 1.807) is 12.1 Å². The summed E-state index contributed by atoms with van der Waals surface area (Å²) >= 11 is 1.46. The van der Waals surface area contributed by atoms with Gasteiger partial charge in [-0.15, -0.1) is 11.3 Å². The van der Waals surface area contributed by atoms with Crippen LogP contribution < -0.4 is 10.0 Å². The molecule has 0 spiro atoms. The van der Waals surface area contributed by atoms with Gasteiger partial charge in [-0.1, -0.05) is 18.2 Å². The summed E-state index contributed by atoms with van der Waals surface area (Å²) in [5.41, 5.74) is 1.29. The van der Waals surface area contributed by atoms with Crippen LogP contribution in [0.5, 0.6) is 5.75 Å². The molecule has 0 unspecified atom stereocenters. The zero-order chi connectivity index (χ0) is 19.4. The molecule has 0 bridgehead atoms. The number of carbonyl (C=O) groups is 1. The monoisotopic (exact) mass is 402 g/mol. The molecule has 6 nitrogen and oxygen atoms in total. The van der Waals surface area contributed by atoms with Gasteiger partial charge in [-0.2, -0.15) is 0 Å². The first-order chi connectivity index (χ1) is 12.8. The second-order valence-corrected chi connectivity index (χ2v) is 8.71. The van der Waals surface area contributed by atoms with Gasteiger partial charge in [0.1, 0.15) is 5.75 Å². The summed E-state index contributed by atoms with van der Waals surface area (Å²) in [5, 5.41) is 14.4. The van der Waals surface area contributed by atoms with E-state index in [2.05, 4.69) is 10.0 Å². The number of rotatable bonds is 6. The molecule has 0 saturated carbocycles. The highest BCUT2D eigenvalue weighted by Gasteiger charge is 2.17. The normalized spacial score (nSPS) is 11.3. The first-order valence-electron chi connectivity index (χ1n) is 8.08. The molecule has 2 aromatic carbocycles. The average molecular weight is 402 g/mol. The summed E-state index contributed by atoms with van der Waals surface area (Å²) in [6.07, 6.45) is 0. The lowest BCUT2D eigenvalue weighted by molar-refractivity contribution is 0.102. The van der Waals surface area contributed by atoms with Gasteiger partial charge in [-0.05, 0) is 54.3 Å². The van der Waals surface area contributed by atoms with Gasteiger partial charge in [0.2, 0.25) is 10.0 Å². The van der Waals surface area contributed by atoms with Gasteiger partial charge in [0.15, 0.2) is 0 Å². The number of anilines is 1. The van der Waals surface area contributed by atoms with Crippen LogP contribution >= 0.6 is 11.3 Å². The molecule has 3 N–H and O–H groups in total. The van der Waals surface area contributed by atoms with Crippen molar-refractivity contribution in [3.63, 3.8) is 0 Å². The Bertz CT molecular complexity index is 1060. The molecule has 0 fully saturated rings. The Morgan fingerprint density at radius 1 is 1.11 bits per heavy atom. The number of aryl methyl sites for hydroxylation is 1. The summed E-state index contributed by atoms with van der Waals surface area (Å²) < 4.78 is 27.5. The van der Waals surface area contributed by atoms with E-state index in [0.717, 1.165) is 10.4 Å². The van der Waals surface area contributed by atoms with E-state index in [1.165, 1.54) is 41.7 Å². The number of hydrogen-bond acceptors (Lipinski definition) is 5. The number of sulfonamides is 1. The molecule has 27 heavy (non-hydrogen) atoms. The number of amides is 1. The van der Waals surface area contributed by atoms with Gasteiger partial charge in [0.05, 0.1) is 10.6 Å². The minimum Gasteiger partial charge on any atom is -0.506 e. The maximum atomic E-state index is 12.5. The van der Waals surface area contributed by atoms with Crippen LogP contribution in [0.25, 0.3) is 0 Å². The van der Waals surface area contributed by atoms with Crippen molar-refractivity contribution in [1.29, 1.82) is 0 Å². The van der Waals surface area contributed by atoms with Gasteiger partial charge >= 0.3 is 0 Å². The molecule has 0 radical (unpaired) electrons. The lowest BCUT2D eigenvalue weighted by Gasteiger charge is -2.10. The van der Waals surface area contributed by atoms with Crippen molar-refractivity contribution in [2.75, 3.05) is 5.32 Å². The van der Waals surface area contributed by atoms with Crippen molar-refractivity contribution in [1.82, 2.24) is 4.72 Å². The fourth-order valence-electron chi connectivity index (χ4n) is 2.41. The van der Waals surface area contributed by atoms with E-state index >= 15 is 0 Å². The summed E-state index contributed by atoms with van der Waals surface area (Å²) in [4.78, 5) is 13.3. The second-order valence-electron chi connectivity index (χ2n) is 5.91. The first kappa shape index (κ1) is 19.1. The fourth-order valence-corrected chi connectivity index (χ4v) is 4.20. The number of benzene rings is 2. The Labute approximate surface area is 161 Å². The summed E-state index contributed by atoms with van der Waals surface area (Å²) in [5.74, 6) is -0.561. The van der Waals surface area contributed by atoms with E-state index in [1.807, 2.05) is 24.4 Å². The van der Waals surface area contributed by atoms with Gasteiger partial charge in [-0.3, -0.25) is 4.79 Å². The number of nitrogens with one attached hydrogen (secondary N) is 2. The molecule has 0 atom stereocenters. The summed E-state index contributed by atoms with van der Waals surface area (Å²) in [7, 11) is -3.75. The minimum atomic E-state index is -3.75. The van der Waals surface area contributed by atoms with Crippen LogP contribution in [-0.2, 0) is 16.6 Å². The zero-order valence-corrected chi connectivity index (χ0v) is 16.1. The topological polar surface area (TPSA) is 95.5 Å². The van der Waals surface area contributed by atoms with Gasteiger partial charge in [0, 0.05) is 17.0 Å². The van der Waals surface area contributed by atoms with Crippen molar-refractivity contribution >= 4 is 33.0 Å². The largest absolute Gasteiger partial charge is 0.506 e. The molecule has 0 aliphatic heterocycles. The van der Waals surface area contributed by atoms with E-state index in [4.69, 9.17) is 0 Å². The van der Waals surface area contributed by atoms with Crippen molar-refractivity contribution in [2.24, 2.45) is 0 Å². The molecule has 0 aliphatic rings. The van der Waals surface area contributed by atoms with Crippen molar-refractivity contribution in [3.8, 4) is 5.75 Å². The van der Waals surface area contributed by atoms with Crippen molar-refractivity contribution in [2.45, 2.75) is 18.4 Å². The van der Waals surface area contributed by atoms with E-state index < -0.39 is 15.9 Å². The third kappa shape index (κ3) is 4.73. The van der Waals surface area contributed by atoms with Gasteiger partial charge in [0.25, 0.3) is 5.91 Å². The first-order valence-corrected chi connectivity index (χ1v) is 10.4. The third-order valence-electron chi connectivity index (χ3n) is 3.82. The summed E-state index contributed by atoms with van der Waals surface area (Å²) in [6, 6.07) is 14.3. The number of phenolic OH excluding ortho intramolecular Hbond substituents is 1. The molecule has 0 aliphatic carbocycles. The third-order valence-corrected chi connectivity index (χ3v) is 6.10. The Balaban J connectivity index is 1.76. The number of hydrogen-bond donors (Lipinski definition) is 3. The highest BCUT2D eigenvalue weighted by atomic mass is 32.2. The Kier molecular flexibility index (Phi) is 5.59. The number of phenols is 1. The number of thiophene rings is 1. The maximum Gasteiger partial charge on any atom is 0.255 e. The molecule has 140 valence electrons. The lowest BCUT2D eigenvalue weighted by atomic mass is 10.2. The minimum absolute atomic E-state index is 0.000154.